The normalized spacial score (nSPS) is 16.5. The van der Waals surface area contributed by atoms with E-state index in [-0.39, 0.29) is 5.91 Å². The van der Waals surface area contributed by atoms with Crippen LogP contribution in [0.5, 0.6) is 0 Å². The second-order valence-corrected chi connectivity index (χ2v) is 7.92. The maximum absolute atomic E-state index is 12.8. The lowest BCUT2D eigenvalue weighted by atomic mass is 9.88. The summed E-state index contributed by atoms with van der Waals surface area (Å²) in [5.74, 6) is 6.40. The van der Waals surface area contributed by atoms with E-state index in [1.807, 2.05) is 71.7 Å². The number of hydrogen-bond acceptors (Lipinski definition) is 3. The summed E-state index contributed by atoms with van der Waals surface area (Å²) in [6.07, 6.45) is 13.2. The number of nitrogens with zero attached hydrogens (tertiary/aromatic N) is 3. The molecule has 0 fully saturated rings. The van der Waals surface area contributed by atoms with Crippen molar-refractivity contribution in [2.24, 2.45) is 4.99 Å². The molecule has 1 unspecified atom stereocenters. The van der Waals surface area contributed by atoms with Gasteiger partial charge >= 0.3 is 0 Å². The Hall–Kier alpha value is -3.91. The molecule has 1 atom stereocenters. The Morgan fingerprint density at radius 2 is 2.00 bits per heavy atom. The minimum Gasteiger partial charge on any atom is -0.352 e. The zero-order chi connectivity index (χ0) is 22.2. The van der Waals surface area contributed by atoms with Crippen molar-refractivity contribution < 1.29 is 4.79 Å². The topological polar surface area (TPSA) is 59.3 Å². The lowest BCUT2D eigenvalue weighted by molar-refractivity contribution is 0.0953. The molecule has 0 saturated carbocycles. The van der Waals surface area contributed by atoms with E-state index in [9.17, 15) is 4.79 Å². The molecule has 32 heavy (non-hydrogen) atoms. The van der Waals surface area contributed by atoms with Gasteiger partial charge in [-0.25, -0.2) is 4.98 Å². The first-order valence-electron chi connectivity index (χ1n) is 10.8. The van der Waals surface area contributed by atoms with E-state index in [1.54, 1.807) is 12.4 Å². The van der Waals surface area contributed by atoms with E-state index >= 15 is 0 Å². The molecule has 3 aromatic rings. The van der Waals surface area contributed by atoms with Crippen LogP contribution in [0.4, 0.5) is 0 Å². The molecule has 1 amide bonds. The number of rotatable bonds is 7. The fourth-order valence-electron chi connectivity index (χ4n) is 3.66. The maximum Gasteiger partial charge on any atom is 0.251 e. The maximum atomic E-state index is 12.8. The van der Waals surface area contributed by atoms with E-state index in [1.165, 1.54) is 0 Å². The van der Waals surface area contributed by atoms with Crippen molar-refractivity contribution in [3.05, 3.63) is 102 Å². The van der Waals surface area contributed by atoms with Crippen LogP contribution >= 0.6 is 0 Å². The fraction of sp³-hybridized carbons (Fsp3) is 0.222. The summed E-state index contributed by atoms with van der Waals surface area (Å²) in [4.78, 5) is 21.4. The minimum absolute atomic E-state index is 0.0856. The van der Waals surface area contributed by atoms with Crippen molar-refractivity contribution in [3.63, 3.8) is 0 Å². The fourth-order valence-corrected chi connectivity index (χ4v) is 3.66. The van der Waals surface area contributed by atoms with E-state index in [2.05, 4.69) is 40.1 Å². The minimum atomic E-state index is -0.469. The summed E-state index contributed by atoms with van der Waals surface area (Å²) < 4.78 is 2.04. The van der Waals surface area contributed by atoms with Crippen molar-refractivity contribution in [2.45, 2.75) is 31.8 Å². The average molecular weight is 423 g/mol. The van der Waals surface area contributed by atoms with Crippen molar-refractivity contribution in [1.29, 1.82) is 0 Å². The zero-order valence-corrected chi connectivity index (χ0v) is 18.2. The highest BCUT2D eigenvalue weighted by Gasteiger charge is 2.27. The first-order chi connectivity index (χ1) is 15.6. The van der Waals surface area contributed by atoms with Gasteiger partial charge in [0.15, 0.2) is 0 Å². The van der Waals surface area contributed by atoms with E-state index in [0.717, 1.165) is 36.1 Å². The number of aliphatic imine (C=N–C) groups is 1. The molecule has 1 N–H and O–H groups in total. The largest absolute Gasteiger partial charge is 0.352 e. The monoisotopic (exact) mass is 422 g/mol. The van der Waals surface area contributed by atoms with Crippen LogP contribution in [0.1, 0.15) is 46.8 Å². The first-order valence-corrected chi connectivity index (χ1v) is 10.8. The van der Waals surface area contributed by atoms with Gasteiger partial charge in [0.1, 0.15) is 5.54 Å². The van der Waals surface area contributed by atoms with Crippen LogP contribution in [0.2, 0.25) is 0 Å². The molecular formula is C27H26N4O. The lowest BCUT2D eigenvalue weighted by Crippen LogP contribution is -2.25. The molecule has 4 rings (SSSR count). The molecule has 1 aliphatic rings. The number of aromatic nitrogens is 2. The summed E-state index contributed by atoms with van der Waals surface area (Å²) in [5, 5.41) is 3.02. The van der Waals surface area contributed by atoms with Crippen LogP contribution in [-0.4, -0.2) is 28.2 Å². The molecular weight excluding hydrogens is 396 g/mol. The van der Waals surface area contributed by atoms with Crippen LogP contribution in [0.25, 0.3) is 0 Å². The van der Waals surface area contributed by atoms with Gasteiger partial charge in [0.25, 0.3) is 5.91 Å². The Bertz CT molecular complexity index is 1170. The third-order valence-corrected chi connectivity index (χ3v) is 5.48. The van der Waals surface area contributed by atoms with E-state index in [0.29, 0.717) is 12.1 Å². The Balaban J connectivity index is 1.48. The molecule has 0 saturated heterocycles. The molecule has 1 aromatic heterocycles. The van der Waals surface area contributed by atoms with Crippen LogP contribution in [0.3, 0.4) is 0 Å². The second-order valence-electron chi connectivity index (χ2n) is 7.92. The molecule has 0 bridgehead atoms. The Labute approximate surface area is 188 Å². The van der Waals surface area contributed by atoms with Gasteiger partial charge in [-0.05, 0) is 55.7 Å². The first kappa shape index (κ1) is 21.3. The number of unbranched alkanes of at least 4 members (excludes halogenated alkanes) is 1. The van der Waals surface area contributed by atoms with Gasteiger partial charge in [-0.15, -0.1) is 0 Å². The van der Waals surface area contributed by atoms with Gasteiger partial charge in [0.2, 0.25) is 0 Å². The third kappa shape index (κ3) is 5.22. The van der Waals surface area contributed by atoms with Gasteiger partial charge < -0.3 is 9.88 Å². The zero-order valence-electron chi connectivity index (χ0n) is 18.2. The standard InChI is InChI=1S/C27H26N4O/c1-27(14-7-16-30-27)25-13-12-24(20-23(25)11-10-22-8-3-2-4-9-22)26(32)29-15-5-6-18-31-19-17-28-21-31/h2-4,7-9,12-14,16-17,19-21H,5-6,15,18H2,1H3,(H,29,32). The molecule has 5 heteroatoms. The number of carbonyl (C=O) groups is 1. The SMILES string of the molecule is CC1(c2ccc(C(=O)NCCCCn3ccnc3)cc2C#Cc2ccccc2)C=CC=N1. The molecule has 0 aliphatic carbocycles. The molecule has 0 radical (unpaired) electrons. The van der Waals surface area contributed by atoms with Gasteiger partial charge in [-0.2, -0.15) is 0 Å². The third-order valence-electron chi connectivity index (χ3n) is 5.48. The van der Waals surface area contributed by atoms with Gasteiger partial charge in [-0.1, -0.05) is 42.2 Å². The van der Waals surface area contributed by atoms with Crippen LogP contribution < -0.4 is 5.32 Å². The molecule has 160 valence electrons. The Kier molecular flexibility index (Phi) is 6.62. The van der Waals surface area contributed by atoms with Crippen molar-refractivity contribution in [2.75, 3.05) is 6.54 Å². The highest BCUT2D eigenvalue weighted by molar-refractivity contribution is 5.94. The molecule has 2 aromatic carbocycles. The highest BCUT2D eigenvalue weighted by Crippen LogP contribution is 2.32. The summed E-state index contributed by atoms with van der Waals surface area (Å²) in [5.41, 5.74) is 2.87. The number of aryl methyl sites for hydroxylation is 1. The number of imidazole rings is 1. The number of hydrogen-bond donors (Lipinski definition) is 1. The molecule has 1 aliphatic heterocycles. The number of benzene rings is 2. The van der Waals surface area contributed by atoms with Gasteiger partial charge in [0.05, 0.1) is 6.33 Å². The van der Waals surface area contributed by atoms with Crippen LogP contribution in [0, 0.1) is 11.8 Å². The number of carbonyl (C=O) groups excluding carboxylic acids is 1. The average Bonchev–Trinajstić information content (AvgIpc) is 3.50. The summed E-state index contributed by atoms with van der Waals surface area (Å²) in [7, 11) is 0. The predicted octanol–water partition coefficient (Wildman–Crippen LogP) is 4.35. The molecule has 2 heterocycles. The number of allylic oxidation sites excluding steroid dienone is 1. The molecule has 5 nitrogen and oxygen atoms in total. The van der Waals surface area contributed by atoms with Crippen molar-refractivity contribution in [3.8, 4) is 11.8 Å². The highest BCUT2D eigenvalue weighted by atomic mass is 16.1. The number of amides is 1. The number of nitrogens with one attached hydrogen (secondary N) is 1. The van der Waals surface area contributed by atoms with Crippen LogP contribution in [0.15, 0.2) is 84.4 Å². The smallest absolute Gasteiger partial charge is 0.251 e. The lowest BCUT2D eigenvalue weighted by Gasteiger charge is -2.21. The van der Waals surface area contributed by atoms with E-state index in [4.69, 9.17) is 0 Å². The van der Waals surface area contributed by atoms with Gasteiger partial charge in [-0.3, -0.25) is 9.79 Å². The second kappa shape index (κ2) is 9.93. The van der Waals surface area contributed by atoms with Crippen molar-refractivity contribution in [1.82, 2.24) is 14.9 Å². The predicted molar refractivity (Wildman–Crippen MR) is 128 cm³/mol. The summed E-state index contributed by atoms with van der Waals surface area (Å²) in [6, 6.07) is 15.5. The Morgan fingerprint density at radius 3 is 2.75 bits per heavy atom. The Morgan fingerprint density at radius 1 is 1.12 bits per heavy atom. The molecule has 0 spiro atoms. The van der Waals surface area contributed by atoms with E-state index < -0.39 is 5.54 Å². The summed E-state index contributed by atoms with van der Waals surface area (Å²) >= 11 is 0. The quantitative estimate of drug-likeness (QED) is 0.455. The van der Waals surface area contributed by atoms with Gasteiger partial charge in [0, 0.05) is 48.4 Å². The van der Waals surface area contributed by atoms with Crippen molar-refractivity contribution >= 4 is 12.1 Å². The van der Waals surface area contributed by atoms with Crippen LogP contribution in [-0.2, 0) is 12.1 Å². The summed E-state index contributed by atoms with van der Waals surface area (Å²) in [6.45, 7) is 3.58.